The number of aromatic nitrogens is 2. The van der Waals surface area contributed by atoms with Gasteiger partial charge in [0.15, 0.2) is 0 Å². The summed E-state index contributed by atoms with van der Waals surface area (Å²) in [6, 6.07) is 22.0. The van der Waals surface area contributed by atoms with Crippen LogP contribution in [0.25, 0.3) is 22.2 Å². The van der Waals surface area contributed by atoms with E-state index in [-0.39, 0.29) is 12.3 Å². The first-order valence-electron chi connectivity index (χ1n) is 17.9. The Morgan fingerprint density at radius 2 is 1.60 bits per heavy atom. The highest BCUT2D eigenvalue weighted by molar-refractivity contribution is 5.93. The number of hydrogen-bond acceptors (Lipinski definition) is 6. The molecule has 52 heavy (non-hydrogen) atoms. The summed E-state index contributed by atoms with van der Waals surface area (Å²) in [5, 5.41) is 7.96. The SMILES string of the molecule is C#CCOc1ccc2c(c1)c(-c1ccc(C(C)C)cc1)nc(=O)n2Cc1cccc(OCCCCCCCN2CCCCC2)c1.O=C(O)C(F)(F)F. The van der Waals surface area contributed by atoms with Crippen LogP contribution in [0.3, 0.4) is 0 Å². The molecule has 1 N–H and O–H groups in total. The van der Waals surface area contributed by atoms with Crippen LogP contribution < -0.4 is 15.2 Å². The third kappa shape index (κ3) is 12.2. The van der Waals surface area contributed by atoms with Gasteiger partial charge in [-0.25, -0.2) is 9.59 Å². The van der Waals surface area contributed by atoms with E-state index in [0.29, 0.717) is 30.5 Å². The molecular formula is C41H48F3N3O5. The number of likely N-dealkylation sites (tertiary alicyclic amines) is 1. The van der Waals surface area contributed by atoms with Crippen molar-refractivity contribution >= 4 is 16.9 Å². The molecule has 0 radical (unpaired) electrons. The fourth-order valence-corrected chi connectivity index (χ4v) is 6.13. The highest BCUT2D eigenvalue weighted by Gasteiger charge is 2.38. The minimum Gasteiger partial charge on any atom is -0.494 e. The van der Waals surface area contributed by atoms with Crippen molar-refractivity contribution in [1.82, 2.24) is 14.5 Å². The number of carboxylic acids is 1. The fourth-order valence-electron chi connectivity index (χ4n) is 6.13. The van der Waals surface area contributed by atoms with Crippen LogP contribution in [-0.2, 0) is 11.3 Å². The molecule has 1 saturated heterocycles. The van der Waals surface area contributed by atoms with Crippen LogP contribution in [0.15, 0.2) is 71.5 Å². The van der Waals surface area contributed by atoms with Crippen molar-refractivity contribution in [1.29, 1.82) is 0 Å². The number of alkyl halides is 3. The number of terminal acetylenes is 1. The van der Waals surface area contributed by atoms with Gasteiger partial charge in [-0.2, -0.15) is 18.2 Å². The van der Waals surface area contributed by atoms with Gasteiger partial charge in [0.1, 0.15) is 18.1 Å². The summed E-state index contributed by atoms with van der Waals surface area (Å²) in [7, 11) is 0. The molecule has 278 valence electrons. The number of carbonyl (C=O) groups is 1. The Balaban J connectivity index is 0.000000785. The second-order valence-electron chi connectivity index (χ2n) is 13.2. The van der Waals surface area contributed by atoms with Crippen molar-refractivity contribution in [3.63, 3.8) is 0 Å². The maximum atomic E-state index is 13.5. The Labute approximate surface area is 303 Å². The minimum absolute atomic E-state index is 0.169. The summed E-state index contributed by atoms with van der Waals surface area (Å²) >= 11 is 0. The van der Waals surface area contributed by atoms with Crippen molar-refractivity contribution in [2.24, 2.45) is 0 Å². The zero-order valence-corrected chi connectivity index (χ0v) is 30.0. The van der Waals surface area contributed by atoms with Crippen LogP contribution in [0.2, 0.25) is 0 Å². The van der Waals surface area contributed by atoms with Gasteiger partial charge in [-0.3, -0.25) is 4.57 Å². The molecule has 1 aromatic heterocycles. The number of nitrogens with zero attached hydrogens (tertiary/aromatic N) is 3. The van der Waals surface area contributed by atoms with Crippen molar-refractivity contribution < 1.29 is 32.5 Å². The molecule has 0 spiro atoms. The average Bonchev–Trinajstić information content (AvgIpc) is 3.13. The highest BCUT2D eigenvalue weighted by Crippen LogP contribution is 2.30. The summed E-state index contributed by atoms with van der Waals surface area (Å²) in [6.07, 6.45) is 10.6. The maximum absolute atomic E-state index is 13.5. The van der Waals surface area contributed by atoms with Crippen molar-refractivity contribution in [3.8, 4) is 35.1 Å². The summed E-state index contributed by atoms with van der Waals surface area (Å²) < 4.78 is 45.3. The van der Waals surface area contributed by atoms with Gasteiger partial charge in [-0.05, 0) is 92.7 Å². The van der Waals surface area contributed by atoms with E-state index in [1.54, 1.807) is 4.57 Å². The third-order valence-corrected chi connectivity index (χ3v) is 8.94. The average molecular weight is 720 g/mol. The van der Waals surface area contributed by atoms with Crippen LogP contribution in [0.1, 0.15) is 82.3 Å². The molecule has 1 aliphatic rings. The van der Waals surface area contributed by atoms with Crippen LogP contribution in [0.4, 0.5) is 13.2 Å². The molecule has 4 aromatic rings. The number of carboxylic acid groups (broad SMARTS) is 1. The molecule has 5 rings (SSSR count). The Morgan fingerprint density at radius 1 is 0.923 bits per heavy atom. The van der Waals surface area contributed by atoms with E-state index in [4.69, 9.17) is 25.8 Å². The fraction of sp³-hybridized carbons (Fsp3) is 0.439. The van der Waals surface area contributed by atoms with Crippen LogP contribution in [0.5, 0.6) is 11.5 Å². The van der Waals surface area contributed by atoms with Crippen molar-refractivity contribution in [2.75, 3.05) is 32.8 Å². The smallest absolute Gasteiger partial charge is 0.490 e. The Kier molecular flexibility index (Phi) is 15.1. The number of halogens is 3. The molecule has 0 unspecified atom stereocenters. The summed E-state index contributed by atoms with van der Waals surface area (Å²) in [6.45, 7) is 9.41. The van der Waals surface area contributed by atoms with Crippen LogP contribution in [-0.4, -0.2) is 64.6 Å². The maximum Gasteiger partial charge on any atom is 0.490 e. The first kappa shape index (κ1) is 40.0. The predicted octanol–water partition coefficient (Wildman–Crippen LogP) is 8.70. The lowest BCUT2D eigenvalue weighted by Gasteiger charge is -2.26. The predicted molar refractivity (Wildman–Crippen MR) is 198 cm³/mol. The van der Waals surface area contributed by atoms with Gasteiger partial charge in [0.2, 0.25) is 0 Å². The normalized spacial score (nSPS) is 13.3. The van der Waals surface area contributed by atoms with E-state index in [1.807, 2.05) is 54.6 Å². The number of unbranched alkanes of at least 4 members (excludes halogenated alkanes) is 4. The molecule has 0 bridgehead atoms. The second kappa shape index (κ2) is 19.7. The highest BCUT2D eigenvalue weighted by atomic mass is 19.4. The topological polar surface area (TPSA) is 93.9 Å². The monoisotopic (exact) mass is 719 g/mol. The number of piperidine rings is 1. The zero-order valence-electron chi connectivity index (χ0n) is 30.0. The number of benzene rings is 3. The van der Waals surface area contributed by atoms with Crippen LogP contribution >= 0.6 is 0 Å². The summed E-state index contributed by atoms with van der Waals surface area (Å²) in [4.78, 5) is 29.6. The Hall–Kier alpha value is -4.82. The number of aliphatic carboxylic acids is 1. The van der Waals surface area contributed by atoms with Gasteiger partial charge >= 0.3 is 17.8 Å². The van der Waals surface area contributed by atoms with E-state index in [0.717, 1.165) is 34.2 Å². The Morgan fingerprint density at radius 3 is 2.27 bits per heavy atom. The molecule has 3 aromatic carbocycles. The van der Waals surface area contributed by atoms with Gasteiger partial charge < -0.3 is 19.5 Å². The molecular weight excluding hydrogens is 671 g/mol. The van der Waals surface area contributed by atoms with E-state index >= 15 is 0 Å². The van der Waals surface area contributed by atoms with Gasteiger partial charge in [0.25, 0.3) is 0 Å². The first-order valence-corrected chi connectivity index (χ1v) is 17.9. The summed E-state index contributed by atoms with van der Waals surface area (Å²) in [5.74, 6) is 1.65. The van der Waals surface area contributed by atoms with Crippen molar-refractivity contribution in [2.45, 2.75) is 83.9 Å². The third-order valence-electron chi connectivity index (χ3n) is 8.94. The molecule has 2 heterocycles. The molecule has 8 nitrogen and oxygen atoms in total. The number of ether oxygens (including phenoxy) is 2. The van der Waals surface area contributed by atoms with Gasteiger partial charge in [-0.15, -0.1) is 6.42 Å². The largest absolute Gasteiger partial charge is 0.494 e. The quantitative estimate of drug-likeness (QED) is 0.0971. The minimum atomic E-state index is -5.08. The van der Waals surface area contributed by atoms with Gasteiger partial charge in [-0.1, -0.05) is 81.8 Å². The zero-order chi connectivity index (χ0) is 37.5. The molecule has 1 fully saturated rings. The molecule has 11 heteroatoms. The molecule has 0 atom stereocenters. The Bertz CT molecular complexity index is 1840. The summed E-state index contributed by atoms with van der Waals surface area (Å²) in [5.41, 5.74) is 4.24. The molecule has 1 aliphatic heterocycles. The first-order chi connectivity index (χ1) is 25.0. The molecule has 0 aliphatic carbocycles. The lowest BCUT2D eigenvalue weighted by molar-refractivity contribution is -0.192. The van der Waals surface area contributed by atoms with E-state index in [9.17, 15) is 18.0 Å². The van der Waals surface area contributed by atoms with E-state index in [2.05, 4.69) is 41.8 Å². The van der Waals surface area contributed by atoms with Crippen molar-refractivity contribution in [3.05, 3.63) is 88.3 Å². The second-order valence-corrected chi connectivity index (χ2v) is 13.2. The van der Waals surface area contributed by atoms with E-state index < -0.39 is 12.1 Å². The number of fused-ring (bicyclic) bond motifs is 1. The number of hydrogen-bond donors (Lipinski definition) is 1. The van der Waals surface area contributed by atoms with E-state index in [1.165, 1.54) is 70.1 Å². The number of rotatable bonds is 15. The standard InChI is InChI=1S/C39H47N3O3.C2HF3O2/c1-4-25-44-35-20-21-37-36(28-35)38(33-18-16-32(17-19-33)30(2)3)40-39(43)42(37)29-31-14-13-15-34(27-31)45-26-12-7-5-6-9-22-41-23-10-8-11-24-41;3-2(4,5)1(6)7/h1,13-21,27-28,30H,5-12,22-26,29H2,2-3H3;(H,6,7). The molecule has 0 amide bonds. The molecule has 0 saturated carbocycles. The lowest BCUT2D eigenvalue weighted by atomic mass is 9.99. The lowest BCUT2D eigenvalue weighted by Crippen LogP contribution is -2.30. The van der Waals surface area contributed by atoms with Gasteiger partial charge in [0.05, 0.1) is 24.4 Å². The van der Waals surface area contributed by atoms with Crippen LogP contribution in [0, 0.1) is 12.3 Å². The van der Waals surface area contributed by atoms with Gasteiger partial charge in [0, 0.05) is 10.9 Å².